The molecule has 0 aromatic heterocycles. The molecule has 2 aliphatic heterocycles. The lowest BCUT2D eigenvalue weighted by Crippen LogP contribution is -2.42. The first-order valence-corrected chi connectivity index (χ1v) is 11.4. The van der Waals surface area contributed by atoms with Crippen molar-refractivity contribution < 1.29 is 14.5 Å². The number of nitro groups is 1. The minimum atomic E-state index is -0.475. The predicted octanol–water partition coefficient (Wildman–Crippen LogP) is 4.98. The fraction of sp³-hybridized carbons (Fsp3) is 0.385. The van der Waals surface area contributed by atoms with E-state index in [1.54, 1.807) is 12.1 Å². The van der Waals surface area contributed by atoms with Crippen LogP contribution < -0.4 is 4.90 Å². The number of amides is 2. The molecule has 4 rings (SSSR count). The Kier molecular flexibility index (Phi) is 6.06. The van der Waals surface area contributed by atoms with E-state index in [9.17, 15) is 19.7 Å². The van der Waals surface area contributed by atoms with Gasteiger partial charge in [0.2, 0.25) is 0 Å². The molecule has 2 aromatic carbocycles. The molecule has 1 saturated heterocycles. The summed E-state index contributed by atoms with van der Waals surface area (Å²) in [5, 5.41) is 11.1. The van der Waals surface area contributed by atoms with Gasteiger partial charge in [0.15, 0.2) is 0 Å². The summed E-state index contributed by atoms with van der Waals surface area (Å²) in [6, 6.07) is 13.4. The lowest BCUT2D eigenvalue weighted by atomic mass is 9.91. The summed E-state index contributed by atoms with van der Waals surface area (Å²) < 4.78 is 0. The van der Waals surface area contributed by atoms with Crippen LogP contribution in [0.15, 0.2) is 54.2 Å². The quantitative estimate of drug-likeness (QED) is 0.367. The van der Waals surface area contributed by atoms with Gasteiger partial charge in [0, 0.05) is 25.2 Å². The molecule has 1 fully saturated rings. The topological polar surface area (TPSA) is 83.8 Å². The number of benzene rings is 2. The number of carbonyl (C=O) groups excluding carboxylic acids is 2. The van der Waals surface area contributed by atoms with Crippen molar-refractivity contribution in [2.45, 2.75) is 40.0 Å². The predicted molar refractivity (Wildman–Crippen MR) is 128 cm³/mol. The Bertz CT molecular complexity index is 1110. The van der Waals surface area contributed by atoms with Crippen molar-refractivity contribution in [2.24, 2.45) is 11.8 Å². The summed E-state index contributed by atoms with van der Waals surface area (Å²) in [6.45, 7) is 9.86. The van der Waals surface area contributed by atoms with Crippen LogP contribution in [-0.2, 0) is 9.59 Å². The van der Waals surface area contributed by atoms with E-state index in [4.69, 9.17) is 0 Å². The van der Waals surface area contributed by atoms with Gasteiger partial charge in [-0.15, -0.1) is 0 Å². The lowest BCUT2D eigenvalue weighted by molar-refractivity contribution is -0.384. The summed E-state index contributed by atoms with van der Waals surface area (Å²) >= 11 is 0. The average molecular weight is 448 g/mol. The number of hydrogen-bond donors (Lipinski definition) is 0. The first-order chi connectivity index (χ1) is 15.7. The minimum Gasteiger partial charge on any atom is -0.366 e. The first-order valence-electron chi connectivity index (χ1n) is 11.4. The Labute approximate surface area is 193 Å². The molecule has 0 radical (unpaired) electrons. The van der Waals surface area contributed by atoms with E-state index < -0.39 is 10.8 Å². The number of rotatable bonds is 5. The van der Waals surface area contributed by atoms with E-state index in [-0.39, 0.29) is 11.6 Å². The van der Waals surface area contributed by atoms with Crippen LogP contribution >= 0.6 is 0 Å². The van der Waals surface area contributed by atoms with E-state index >= 15 is 0 Å². The normalized spacial score (nSPS) is 21.4. The number of carbonyl (C=O) groups is 2. The van der Waals surface area contributed by atoms with Crippen LogP contribution in [-0.4, -0.2) is 34.7 Å². The fourth-order valence-electron chi connectivity index (χ4n) is 4.91. The zero-order valence-corrected chi connectivity index (χ0v) is 19.4. The number of nitro benzene ring substituents is 1. The Morgan fingerprint density at radius 2 is 1.48 bits per heavy atom. The second-order valence-electron chi connectivity index (χ2n) is 9.57. The van der Waals surface area contributed by atoms with Crippen molar-refractivity contribution in [2.75, 3.05) is 18.0 Å². The Balaban J connectivity index is 1.79. The molecule has 2 atom stereocenters. The highest BCUT2D eigenvalue weighted by molar-refractivity contribution is 6.45. The molecule has 2 aliphatic rings. The van der Waals surface area contributed by atoms with Crippen molar-refractivity contribution in [1.82, 2.24) is 4.90 Å². The van der Waals surface area contributed by atoms with Gasteiger partial charge in [-0.05, 0) is 59.6 Å². The largest absolute Gasteiger partial charge is 0.366 e. The molecule has 2 aromatic rings. The number of imide groups is 1. The Morgan fingerprint density at radius 3 is 2.00 bits per heavy atom. The molecule has 2 heterocycles. The zero-order chi connectivity index (χ0) is 23.9. The van der Waals surface area contributed by atoms with Crippen LogP contribution in [0.2, 0.25) is 0 Å². The van der Waals surface area contributed by atoms with Gasteiger partial charge in [0.05, 0.1) is 16.2 Å². The van der Waals surface area contributed by atoms with Gasteiger partial charge in [0.25, 0.3) is 17.5 Å². The van der Waals surface area contributed by atoms with Crippen LogP contribution in [0.4, 0.5) is 11.4 Å². The molecule has 0 saturated carbocycles. The van der Waals surface area contributed by atoms with Crippen LogP contribution in [0, 0.1) is 22.0 Å². The molecule has 0 bridgehead atoms. The van der Waals surface area contributed by atoms with E-state index in [2.05, 4.69) is 27.7 Å². The molecular formula is C26H29N3O4. The summed E-state index contributed by atoms with van der Waals surface area (Å²) in [6.07, 6.45) is 1.07. The van der Waals surface area contributed by atoms with Crippen LogP contribution in [0.25, 0.3) is 5.57 Å². The van der Waals surface area contributed by atoms with Gasteiger partial charge in [-0.25, -0.2) is 4.90 Å². The lowest BCUT2D eigenvalue weighted by Gasteiger charge is -2.37. The second kappa shape index (κ2) is 8.81. The SMILES string of the molecule is CC1CC(C)CN(C2=C(c3ccc([N+](=O)[O-])cc3)C(=O)N(c3ccc(C(C)C)cc3)C2=O)C1. The highest BCUT2D eigenvalue weighted by atomic mass is 16.6. The molecule has 172 valence electrons. The molecular weight excluding hydrogens is 418 g/mol. The third-order valence-electron chi connectivity index (χ3n) is 6.43. The van der Waals surface area contributed by atoms with Gasteiger partial charge < -0.3 is 4.90 Å². The number of anilines is 1. The smallest absolute Gasteiger partial charge is 0.282 e. The number of likely N-dealkylation sites (tertiary alicyclic amines) is 1. The average Bonchev–Trinajstić information content (AvgIpc) is 3.03. The molecule has 0 aliphatic carbocycles. The number of non-ortho nitro benzene ring substituents is 1. The number of nitrogens with zero attached hydrogens (tertiary/aromatic N) is 3. The molecule has 33 heavy (non-hydrogen) atoms. The van der Waals surface area contributed by atoms with Crippen LogP contribution in [0.1, 0.15) is 51.2 Å². The van der Waals surface area contributed by atoms with Crippen LogP contribution in [0.3, 0.4) is 0 Å². The van der Waals surface area contributed by atoms with Crippen molar-refractivity contribution in [3.8, 4) is 0 Å². The van der Waals surface area contributed by atoms with Crippen molar-refractivity contribution in [3.63, 3.8) is 0 Å². The van der Waals surface area contributed by atoms with E-state index in [1.807, 2.05) is 29.2 Å². The van der Waals surface area contributed by atoms with Gasteiger partial charge in [-0.1, -0.05) is 39.8 Å². The monoisotopic (exact) mass is 447 g/mol. The van der Waals surface area contributed by atoms with Gasteiger partial charge in [0.1, 0.15) is 5.70 Å². The van der Waals surface area contributed by atoms with E-state index in [1.165, 1.54) is 17.0 Å². The first kappa shape index (κ1) is 22.7. The molecule has 0 spiro atoms. The molecule has 2 amide bonds. The summed E-state index contributed by atoms with van der Waals surface area (Å²) in [4.78, 5) is 41.3. The highest BCUT2D eigenvalue weighted by Crippen LogP contribution is 2.38. The van der Waals surface area contributed by atoms with Gasteiger partial charge in [-0.2, -0.15) is 0 Å². The second-order valence-corrected chi connectivity index (χ2v) is 9.57. The summed E-state index contributed by atoms with van der Waals surface area (Å²) in [7, 11) is 0. The summed E-state index contributed by atoms with van der Waals surface area (Å²) in [5.74, 6) is 0.381. The Morgan fingerprint density at radius 1 is 0.909 bits per heavy atom. The molecule has 7 nitrogen and oxygen atoms in total. The Hall–Kier alpha value is -3.48. The van der Waals surface area contributed by atoms with Crippen molar-refractivity contribution in [3.05, 3.63) is 75.5 Å². The molecule has 2 unspecified atom stereocenters. The van der Waals surface area contributed by atoms with Gasteiger partial charge in [-0.3, -0.25) is 19.7 Å². The highest BCUT2D eigenvalue weighted by Gasteiger charge is 2.43. The van der Waals surface area contributed by atoms with Crippen molar-refractivity contribution >= 4 is 28.8 Å². The third-order valence-corrected chi connectivity index (χ3v) is 6.43. The molecule has 0 N–H and O–H groups in total. The maximum Gasteiger partial charge on any atom is 0.282 e. The number of hydrogen-bond acceptors (Lipinski definition) is 5. The van der Waals surface area contributed by atoms with Crippen LogP contribution in [0.5, 0.6) is 0 Å². The maximum absolute atomic E-state index is 13.7. The minimum absolute atomic E-state index is 0.0565. The van der Waals surface area contributed by atoms with E-state index in [0.717, 1.165) is 12.0 Å². The zero-order valence-electron chi connectivity index (χ0n) is 19.4. The number of piperidine rings is 1. The van der Waals surface area contributed by atoms with E-state index in [0.29, 0.717) is 53.4 Å². The van der Waals surface area contributed by atoms with Gasteiger partial charge >= 0.3 is 0 Å². The molecule has 7 heteroatoms. The fourth-order valence-corrected chi connectivity index (χ4v) is 4.91. The van der Waals surface area contributed by atoms with Crippen molar-refractivity contribution in [1.29, 1.82) is 0 Å². The standard InChI is InChI=1S/C26H29N3O4/c1-16(2)19-5-9-21(10-6-19)28-25(30)23(20-7-11-22(12-8-20)29(32)33)24(26(28)31)27-14-17(3)13-18(4)15-27/h5-12,16-18H,13-15H2,1-4H3. The summed E-state index contributed by atoms with van der Waals surface area (Å²) in [5.41, 5.74) is 2.81. The maximum atomic E-state index is 13.7. The third kappa shape index (κ3) is 4.27.